The molecule has 0 atom stereocenters. The number of rotatable bonds is 14. The van der Waals surface area contributed by atoms with Gasteiger partial charge in [0.1, 0.15) is 5.75 Å². The number of ether oxygens (including phenoxy) is 4. The van der Waals surface area contributed by atoms with Gasteiger partial charge < -0.3 is 39.6 Å². The first-order valence-corrected chi connectivity index (χ1v) is 17.2. The number of nitrogens with two attached hydrogens (primary N) is 1. The minimum Gasteiger partial charge on any atom is -0.493 e. The number of aliphatic carboxylic acids is 1. The van der Waals surface area contributed by atoms with Crippen molar-refractivity contribution in [3.05, 3.63) is 102 Å². The molecule has 0 unspecified atom stereocenters. The molecule has 1 aliphatic rings. The zero-order valence-electron chi connectivity index (χ0n) is 30.7. The molecule has 4 aromatic rings. The van der Waals surface area contributed by atoms with Gasteiger partial charge in [0.2, 0.25) is 17.6 Å². The fourth-order valence-electron chi connectivity index (χ4n) is 5.65. The molecule has 0 spiro atoms. The molecule has 16 heteroatoms. The maximum Gasteiger partial charge on any atom is 0.490 e. The summed E-state index contributed by atoms with van der Waals surface area (Å²) >= 11 is 0. The monoisotopic (exact) mass is 767 g/mol. The van der Waals surface area contributed by atoms with E-state index in [1.807, 2.05) is 71.7 Å². The van der Waals surface area contributed by atoms with Crippen LogP contribution in [0, 0.1) is 0 Å². The van der Waals surface area contributed by atoms with Crippen molar-refractivity contribution in [2.24, 2.45) is 5.73 Å². The molecular formula is C39H44F3N5O8. The van der Waals surface area contributed by atoms with E-state index in [2.05, 4.69) is 22.5 Å². The number of carbonyl (C=O) groups excluding carboxylic acids is 2. The number of hydrogen-bond donors (Lipinski definition) is 3. The third kappa shape index (κ3) is 12.0. The molecule has 0 bridgehead atoms. The Kier molecular flexibility index (Phi) is 15.1. The number of nitrogens with one attached hydrogen (secondary N) is 1. The maximum absolute atomic E-state index is 14.0. The second-order valence-electron chi connectivity index (χ2n) is 12.1. The zero-order valence-corrected chi connectivity index (χ0v) is 30.7. The summed E-state index contributed by atoms with van der Waals surface area (Å²) in [5.41, 5.74) is 12.2. The average molecular weight is 768 g/mol. The van der Waals surface area contributed by atoms with Crippen LogP contribution in [-0.2, 0) is 27.5 Å². The van der Waals surface area contributed by atoms with Crippen LogP contribution in [0.4, 0.5) is 24.5 Å². The Morgan fingerprint density at radius 2 is 1.40 bits per heavy atom. The van der Waals surface area contributed by atoms with E-state index in [-0.39, 0.29) is 31.2 Å². The van der Waals surface area contributed by atoms with E-state index in [0.29, 0.717) is 54.1 Å². The molecule has 0 aliphatic carbocycles. The number of carboxylic acids is 1. The SMILES string of the molecule is COc1cc(CN(C(=O)CCC(=O)NN2CCN(c3ccccc3)CC2)c2ccccc2Oc2cccc(CN)c2)cc(OC)c1OC.O=C(O)C(F)(F)F. The highest BCUT2D eigenvalue weighted by Gasteiger charge is 2.38. The summed E-state index contributed by atoms with van der Waals surface area (Å²) in [6.45, 7) is 3.46. The van der Waals surface area contributed by atoms with E-state index in [4.69, 9.17) is 34.6 Å². The normalized spacial score (nSPS) is 12.8. The fraction of sp³-hybridized carbons (Fsp3) is 0.308. The third-order valence-electron chi connectivity index (χ3n) is 8.38. The molecule has 1 fully saturated rings. The number of anilines is 2. The average Bonchev–Trinajstić information content (AvgIpc) is 3.19. The molecule has 1 saturated heterocycles. The number of hydrazine groups is 1. The van der Waals surface area contributed by atoms with Crippen molar-refractivity contribution in [1.29, 1.82) is 0 Å². The highest BCUT2D eigenvalue weighted by atomic mass is 19.4. The molecule has 4 N–H and O–H groups in total. The molecule has 1 heterocycles. The number of carboxylic acid groups (broad SMARTS) is 1. The second-order valence-corrected chi connectivity index (χ2v) is 12.1. The Bertz CT molecular complexity index is 1860. The van der Waals surface area contributed by atoms with Crippen LogP contribution >= 0.6 is 0 Å². The standard InChI is InChI=1S/C37H43N5O6.C2HF3O2/c1-45-33-23-28(24-34(46-2)37(33)47-3)26-42(31-14-7-8-15-32(31)48-30-13-9-10-27(22-30)25-38)36(44)17-16-35(43)39-41-20-18-40(19-21-41)29-11-5-4-6-12-29;3-2(4,5)1(6)7/h4-15,22-24H,16-21,25-26,38H2,1-3H3,(H,39,43);(H,6,7). The van der Waals surface area contributed by atoms with Crippen LogP contribution in [0.25, 0.3) is 0 Å². The van der Waals surface area contributed by atoms with Crippen molar-refractivity contribution in [1.82, 2.24) is 10.4 Å². The summed E-state index contributed by atoms with van der Waals surface area (Å²) < 4.78 is 54.7. The minimum absolute atomic E-state index is 0.0166. The van der Waals surface area contributed by atoms with Gasteiger partial charge in [-0.25, -0.2) is 9.80 Å². The van der Waals surface area contributed by atoms with Crippen LogP contribution in [0.2, 0.25) is 0 Å². The van der Waals surface area contributed by atoms with Crippen molar-refractivity contribution in [3.8, 4) is 28.7 Å². The molecule has 1 aliphatic heterocycles. The largest absolute Gasteiger partial charge is 0.493 e. The molecule has 294 valence electrons. The quantitative estimate of drug-likeness (QED) is 0.143. The van der Waals surface area contributed by atoms with Gasteiger partial charge in [-0.3, -0.25) is 15.0 Å². The highest BCUT2D eigenvalue weighted by molar-refractivity contribution is 5.96. The lowest BCUT2D eigenvalue weighted by molar-refractivity contribution is -0.192. The molecule has 5 rings (SSSR count). The molecular weight excluding hydrogens is 723 g/mol. The maximum atomic E-state index is 14.0. The predicted molar refractivity (Wildman–Crippen MR) is 199 cm³/mol. The molecule has 13 nitrogen and oxygen atoms in total. The van der Waals surface area contributed by atoms with Gasteiger partial charge in [0, 0.05) is 51.3 Å². The van der Waals surface area contributed by atoms with Gasteiger partial charge in [-0.05, 0) is 59.7 Å². The first kappa shape index (κ1) is 41.8. The van der Waals surface area contributed by atoms with Gasteiger partial charge in [0.15, 0.2) is 17.2 Å². The van der Waals surface area contributed by atoms with Gasteiger partial charge in [0.05, 0.1) is 33.6 Å². The molecule has 0 saturated carbocycles. The smallest absolute Gasteiger partial charge is 0.490 e. The zero-order chi connectivity index (χ0) is 40.0. The first-order valence-electron chi connectivity index (χ1n) is 17.2. The Balaban J connectivity index is 0.000000876. The van der Waals surface area contributed by atoms with E-state index in [9.17, 15) is 22.8 Å². The highest BCUT2D eigenvalue weighted by Crippen LogP contribution is 2.40. The van der Waals surface area contributed by atoms with E-state index >= 15 is 0 Å². The summed E-state index contributed by atoms with van der Waals surface area (Å²) in [6.07, 6.45) is -5.08. The van der Waals surface area contributed by atoms with E-state index in [1.165, 1.54) is 7.11 Å². The topological polar surface area (TPSA) is 156 Å². The number of para-hydroxylation sites is 3. The number of halogens is 3. The van der Waals surface area contributed by atoms with Gasteiger partial charge in [-0.2, -0.15) is 13.2 Å². The van der Waals surface area contributed by atoms with Crippen LogP contribution in [0.1, 0.15) is 24.0 Å². The van der Waals surface area contributed by atoms with Crippen LogP contribution in [0.15, 0.2) is 91.0 Å². The van der Waals surface area contributed by atoms with Crippen LogP contribution in [0.3, 0.4) is 0 Å². The van der Waals surface area contributed by atoms with Gasteiger partial charge in [0.25, 0.3) is 0 Å². The van der Waals surface area contributed by atoms with Crippen molar-refractivity contribution in [2.75, 3.05) is 57.3 Å². The van der Waals surface area contributed by atoms with Crippen molar-refractivity contribution in [2.45, 2.75) is 32.1 Å². The number of methoxy groups -OCH3 is 3. The van der Waals surface area contributed by atoms with Crippen LogP contribution < -0.4 is 39.9 Å². The summed E-state index contributed by atoms with van der Waals surface area (Å²) in [7, 11) is 4.63. The Morgan fingerprint density at radius 1 is 0.782 bits per heavy atom. The van der Waals surface area contributed by atoms with Crippen LogP contribution in [-0.4, -0.2) is 81.6 Å². The lowest BCUT2D eigenvalue weighted by Gasteiger charge is -2.36. The van der Waals surface area contributed by atoms with E-state index < -0.39 is 12.1 Å². The summed E-state index contributed by atoms with van der Waals surface area (Å²) in [4.78, 5) is 39.9. The lowest BCUT2D eigenvalue weighted by atomic mass is 10.1. The third-order valence-corrected chi connectivity index (χ3v) is 8.38. The van der Waals surface area contributed by atoms with Crippen LogP contribution in [0.5, 0.6) is 28.7 Å². The molecule has 55 heavy (non-hydrogen) atoms. The Labute approximate surface area is 316 Å². The van der Waals surface area contributed by atoms with Crippen molar-refractivity contribution in [3.63, 3.8) is 0 Å². The number of nitrogens with zero attached hydrogens (tertiary/aromatic N) is 3. The number of hydrogen-bond acceptors (Lipinski definition) is 10. The van der Waals surface area contributed by atoms with Crippen molar-refractivity contribution >= 4 is 29.2 Å². The minimum atomic E-state index is -5.08. The molecule has 4 aromatic carbocycles. The second kappa shape index (κ2) is 19.9. The van der Waals surface area contributed by atoms with E-state index in [0.717, 1.165) is 29.9 Å². The molecule has 2 amide bonds. The van der Waals surface area contributed by atoms with E-state index in [1.54, 1.807) is 31.3 Å². The molecule has 0 radical (unpaired) electrons. The van der Waals surface area contributed by atoms with Crippen molar-refractivity contribution < 1.29 is 51.6 Å². The summed E-state index contributed by atoms with van der Waals surface area (Å²) in [5.74, 6) is -0.764. The summed E-state index contributed by atoms with van der Waals surface area (Å²) in [6, 6.07) is 28.7. The lowest BCUT2D eigenvalue weighted by Crippen LogP contribution is -2.53. The fourth-order valence-corrected chi connectivity index (χ4v) is 5.65. The first-order chi connectivity index (χ1) is 26.4. The number of piperazine rings is 1. The van der Waals surface area contributed by atoms with Gasteiger partial charge in [-0.1, -0.05) is 42.5 Å². The number of carbonyl (C=O) groups is 3. The Hall–Kier alpha value is -6.00. The number of benzene rings is 4. The molecule has 0 aromatic heterocycles. The van der Waals surface area contributed by atoms with Gasteiger partial charge >= 0.3 is 12.1 Å². The predicted octanol–water partition coefficient (Wildman–Crippen LogP) is 5.76. The number of alkyl halides is 3. The summed E-state index contributed by atoms with van der Waals surface area (Å²) in [5, 5.41) is 9.04. The Morgan fingerprint density at radius 3 is 1.98 bits per heavy atom. The number of amides is 2. The van der Waals surface area contributed by atoms with Gasteiger partial charge in [-0.15, -0.1) is 0 Å².